The first-order valence-electron chi connectivity index (χ1n) is 6.04. The van der Waals surface area contributed by atoms with Crippen LogP contribution in [-0.2, 0) is 0 Å². The second-order valence-electron chi connectivity index (χ2n) is 4.02. The summed E-state index contributed by atoms with van der Waals surface area (Å²) in [4.78, 5) is 0. The molecule has 4 heteroatoms. The normalized spacial score (nSPS) is 22.9. The number of aliphatic hydroxyl groups excluding tert-OH is 1. The molecular weight excluding hydrogens is 234 g/mol. The summed E-state index contributed by atoms with van der Waals surface area (Å²) < 4.78 is 5.77. The lowest BCUT2D eigenvalue weighted by Gasteiger charge is -2.33. The van der Waals surface area contributed by atoms with E-state index in [1.165, 1.54) is 5.56 Å². The van der Waals surface area contributed by atoms with Gasteiger partial charge in [0.15, 0.2) is 0 Å². The number of ether oxygens (including phenoxy) is 1. The average molecular weight is 253 g/mol. The van der Waals surface area contributed by atoms with Crippen LogP contribution in [0.3, 0.4) is 0 Å². The van der Waals surface area contributed by atoms with E-state index in [1.54, 1.807) is 11.8 Å². The zero-order valence-electron chi connectivity index (χ0n) is 10.1. The molecule has 3 nitrogen and oxygen atoms in total. The number of hydrogen-bond donors (Lipinski definition) is 2. The van der Waals surface area contributed by atoms with Gasteiger partial charge in [0.25, 0.3) is 0 Å². The third-order valence-electron chi connectivity index (χ3n) is 2.88. The van der Waals surface area contributed by atoms with Gasteiger partial charge in [0.05, 0.1) is 17.9 Å². The van der Waals surface area contributed by atoms with Crippen LogP contribution < -0.4 is 10.1 Å². The zero-order valence-corrected chi connectivity index (χ0v) is 10.9. The molecule has 0 aliphatic carbocycles. The standard InChI is InChI=1S/C13H19NO2S/c1-2-14-13-10-5-3-4-6-11(10)16-9-12(13)17-8-7-15/h3-6,12-15H,2,7-9H2,1H3. The summed E-state index contributed by atoms with van der Waals surface area (Å²) in [6.07, 6.45) is 0. The van der Waals surface area contributed by atoms with Crippen LogP contribution in [0.5, 0.6) is 5.75 Å². The van der Waals surface area contributed by atoms with Crippen LogP contribution >= 0.6 is 11.8 Å². The largest absolute Gasteiger partial charge is 0.492 e. The van der Waals surface area contributed by atoms with Gasteiger partial charge in [0.1, 0.15) is 12.4 Å². The summed E-state index contributed by atoms with van der Waals surface area (Å²) in [5.41, 5.74) is 1.23. The molecule has 17 heavy (non-hydrogen) atoms. The van der Waals surface area contributed by atoms with Crippen molar-refractivity contribution in [2.24, 2.45) is 0 Å². The summed E-state index contributed by atoms with van der Waals surface area (Å²) in [5.74, 6) is 1.75. The van der Waals surface area contributed by atoms with Crippen LogP contribution in [0.1, 0.15) is 18.5 Å². The summed E-state index contributed by atoms with van der Waals surface area (Å²) in [7, 11) is 0. The minimum absolute atomic E-state index is 0.224. The molecular formula is C13H19NO2S. The molecule has 0 spiro atoms. The van der Waals surface area contributed by atoms with Crippen LogP contribution in [0, 0.1) is 0 Å². The highest BCUT2D eigenvalue weighted by atomic mass is 32.2. The van der Waals surface area contributed by atoms with Crippen molar-refractivity contribution in [3.63, 3.8) is 0 Å². The van der Waals surface area contributed by atoms with Crippen LogP contribution in [0.25, 0.3) is 0 Å². The smallest absolute Gasteiger partial charge is 0.124 e. The van der Waals surface area contributed by atoms with Crippen LogP contribution in [-0.4, -0.2) is 35.9 Å². The molecule has 1 aliphatic rings. The lowest BCUT2D eigenvalue weighted by atomic mass is 10.0. The van der Waals surface area contributed by atoms with E-state index in [0.717, 1.165) is 18.0 Å². The van der Waals surface area contributed by atoms with E-state index in [1.807, 2.05) is 18.2 Å². The Kier molecular flexibility index (Phi) is 4.71. The zero-order chi connectivity index (χ0) is 12.1. The van der Waals surface area contributed by atoms with E-state index in [0.29, 0.717) is 17.9 Å². The SMILES string of the molecule is CCNC1c2ccccc2OCC1SCCO. The predicted molar refractivity (Wildman–Crippen MR) is 71.7 cm³/mol. The molecule has 2 N–H and O–H groups in total. The summed E-state index contributed by atoms with van der Waals surface area (Å²) in [6, 6.07) is 8.51. The van der Waals surface area contributed by atoms with Gasteiger partial charge in [-0.25, -0.2) is 0 Å². The molecule has 0 radical (unpaired) electrons. The van der Waals surface area contributed by atoms with Gasteiger partial charge in [0, 0.05) is 11.3 Å². The first kappa shape index (κ1) is 12.7. The molecule has 2 rings (SSSR count). The Labute approximate surface area is 107 Å². The fourth-order valence-electron chi connectivity index (χ4n) is 2.15. The van der Waals surface area contributed by atoms with Crippen molar-refractivity contribution in [3.05, 3.63) is 29.8 Å². The Hall–Kier alpha value is -0.710. The third kappa shape index (κ3) is 2.94. The maximum absolute atomic E-state index is 8.93. The van der Waals surface area contributed by atoms with E-state index >= 15 is 0 Å². The lowest BCUT2D eigenvalue weighted by Crippen LogP contribution is -2.37. The number of hydrogen-bond acceptors (Lipinski definition) is 4. The highest BCUT2D eigenvalue weighted by Crippen LogP contribution is 2.36. The molecule has 94 valence electrons. The van der Waals surface area contributed by atoms with E-state index < -0.39 is 0 Å². The Morgan fingerprint density at radius 1 is 1.47 bits per heavy atom. The Morgan fingerprint density at radius 2 is 2.29 bits per heavy atom. The quantitative estimate of drug-likeness (QED) is 0.840. The minimum atomic E-state index is 0.224. The monoisotopic (exact) mass is 253 g/mol. The van der Waals surface area contributed by atoms with E-state index in [4.69, 9.17) is 9.84 Å². The first-order valence-corrected chi connectivity index (χ1v) is 7.09. The molecule has 0 bridgehead atoms. The van der Waals surface area contributed by atoms with E-state index in [-0.39, 0.29) is 6.61 Å². The van der Waals surface area contributed by atoms with Gasteiger partial charge < -0.3 is 15.2 Å². The number of rotatable bonds is 5. The van der Waals surface area contributed by atoms with Gasteiger partial charge in [-0.05, 0) is 12.6 Å². The molecule has 0 amide bonds. The topological polar surface area (TPSA) is 41.5 Å². The van der Waals surface area contributed by atoms with Gasteiger partial charge in [0.2, 0.25) is 0 Å². The molecule has 1 aromatic carbocycles. The van der Waals surface area contributed by atoms with Gasteiger partial charge in [-0.3, -0.25) is 0 Å². The Bertz CT molecular complexity index is 359. The Balaban J connectivity index is 2.16. The van der Waals surface area contributed by atoms with Crippen LogP contribution in [0.4, 0.5) is 0 Å². The number of fused-ring (bicyclic) bond motifs is 1. The van der Waals surface area contributed by atoms with E-state index in [2.05, 4.69) is 18.3 Å². The molecule has 1 heterocycles. The first-order chi connectivity index (χ1) is 8.36. The van der Waals surface area contributed by atoms with Crippen molar-refractivity contribution >= 4 is 11.8 Å². The molecule has 0 saturated carbocycles. The third-order valence-corrected chi connectivity index (χ3v) is 4.13. The van der Waals surface area contributed by atoms with Crippen molar-refractivity contribution in [1.82, 2.24) is 5.32 Å². The second-order valence-corrected chi connectivity index (χ2v) is 5.36. The molecule has 0 aromatic heterocycles. The van der Waals surface area contributed by atoms with Crippen molar-refractivity contribution in [2.45, 2.75) is 18.2 Å². The minimum Gasteiger partial charge on any atom is -0.492 e. The molecule has 1 aliphatic heterocycles. The summed E-state index contributed by atoms with van der Waals surface area (Å²) in [6.45, 7) is 3.99. The fourth-order valence-corrected chi connectivity index (χ4v) is 3.15. The van der Waals surface area contributed by atoms with Gasteiger partial charge >= 0.3 is 0 Å². The number of para-hydroxylation sites is 1. The maximum atomic E-state index is 8.93. The van der Waals surface area contributed by atoms with Crippen molar-refractivity contribution in [2.75, 3.05) is 25.5 Å². The maximum Gasteiger partial charge on any atom is 0.124 e. The van der Waals surface area contributed by atoms with Crippen LogP contribution in [0.2, 0.25) is 0 Å². The van der Waals surface area contributed by atoms with Gasteiger partial charge in [-0.2, -0.15) is 11.8 Å². The highest BCUT2D eigenvalue weighted by Gasteiger charge is 2.30. The molecule has 1 aromatic rings. The number of nitrogens with one attached hydrogen (secondary N) is 1. The van der Waals surface area contributed by atoms with E-state index in [9.17, 15) is 0 Å². The molecule has 2 atom stereocenters. The average Bonchev–Trinajstić information content (AvgIpc) is 2.38. The predicted octanol–water partition coefficient (Wildman–Crippen LogP) is 1.82. The van der Waals surface area contributed by atoms with Crippen molar-refractivity contribution in [1.29, 1.82) is 0 Å². The number of benzene rings is 1. The Morgan fingerprint density at radius 3 is 3.06 bits per heavy atom. The van der Waals surface area contributed by atoms with Gasteiger partial charge in [-0.1, -0.05) is 25.1 Å². The highest BCUT2D eigenvalue weighted by molar-refractivity contribution is 8.00. The van der Waals surface area contributed by atoms with Crippen molar-refractivity contribution < 1.29 is 9.84 Å². The molecule has 0 fully saturated rings. The summed E-state index contributed by atoms with van der Waals surface area (Å²) >= 11 is 1.77. The molecule has 0 saturated heterocycles. The lowest BCUT2D eigenvalue weighted by molar-refractivity contribution is 0.261. The molecule has 2 unspecified atom stereocenters. The number of aliphatic hydroxyl groups is 1. The fraction of sp³-hybridized carbons (Fsp3) is 0.538. The van der Waals surface area contributed by atoms with Crippen LogP contribution in [0.15, 0.2) is 24.3 Å². The second kappa shape index (κ2) is 6.28. The van der Waals surface area contributed by atoms with Gasteiger partial charge in [-0.15, -0.1) is 0 Å². The number of thioether (sulfide) groups is 1. The summed E-state index contributed by atoms with van der Waals surface area (Å²) in [5, 5.41) is 12.8. The van der Waals surface area contributed by atoms with Crippen molar-refractivity contribution in [3.8, 4) is 5.75 Å².